The highest BCUT2D eigenvalue weighted by Crippen LogP contribution is 2.52. The Kier molecular flexibility index (Phi) is 2.03. The first-order valence-electron chi connectivity index (χ1n) is 5.33. The number of allylic oxidation sites excluding steroid dienone is 2. The third kappa shape index (κ3) is 1.11. The van der Waals surface area contributed by atoms with E-state index in [-0.39, 0.29) is 23.7 Å². The van der Waals surface area contributed by atoms with Gasteiger partial charge in [-0.2, -0.15) is 0 Å². The van der Waals surface area contributed by atoms with Crippen LogP contribution in [0, 0.1) is 23.7 Å². The number of rotatable bonds is 2. The lowest BCUT2D eigenvalue weighted by Crippen LogP contribution is -2.34. The maximum Gasteiger partial charge on any atom is 0.233 e. The molecule has 80 valence electrons. The summed E-state index contributed by atoms with van der Waals surface area (Å²) in [5, 5.41) is 0.673. The summed E-state index contributed by atoms with van der Waals surface area (Å²) in [5.74, 6) is 0.703. The molecular weight excluding hydrogens is 258 g/mol. The van der Waals surface area contributed by atoms with Crippen molar-refractivity contribution in [2.24, 2.45) is 23.7 Å². The van der Waals surface area contributed by atoms with E-state index in [0.29, 0.717) is 23.7 Å². The van der Waals surface area contributed by atoms with Crippen LogP contribution in [0.25, 0.3) is 0 Å². The van der Waals surface area contributed by atoms with E-state index in [2.05, 4.69) is 28.1 Å². The third-order valence-electron chi connectivity index (χ3n) is 3.87. The number of halogens is 1. The molecule has 15 heavy (non-hydrogen) atoms. The summed E-state index contributed by atoms with van der Waals surface area (Å²) in [5.41, 5.74) is 0. The van der Waals surface area contributed by atoms with Crippen LogP contribution in [0.2, 0.25) is 0 Å². The summed E-state index contributed by atoms with van der Waals surface area (Å²) in [6.45, 7) is 0.518. The summed E-state index contributed by atoms with van der Waals surface area (Å²) in [7, 11) is 0. The predicted molar refractivity (Wildman–Crippen MR) is 58.2 cm³/mol. The fourth-order valence-electron chi connectivity index (χ4n) is 3.27. The molecule has 0 radical (unpaired) electrons. The summed E-state index contributed by atoms with van der Waals surface area (Å²) < 4.78 is 0. The van der Waals surface area contributed by atoms with Gasteiger partial charge in [0.25, 0.3) is 0 Å². The highest BCUT2D eigenvalue weighted by Gasteiger charge is 2.58. The molecule has 3 aliphatic rings. The zero-order chi connectivity index (χ0) is 10.6. The van der Waals surface area contributed by atoms with Gasteiger partial charge in [-0.15, -0.1) is 0 Å². The first-order chi connectivity index (χ1) is 7.24. The molecule has 2 amide bonds. The number of amides is 2. The molecule has 0 N–H and O–H groups in total. The van der Waals surface area contributed by atoms with E-state index in [9.17, 15) is 9.59 Å². The van der Waals surface area contributed by atoms with Gasteiger partial charge in [-0.3, -0.25) is 14.5 Å². The van der Waals surface area contributed by atoms with Crippen molar-refractivity contribution in [1.29, 1.82) is 0 Å². The largest absolute Gasteiger partial charge is 0.281 e. The molecule has 1 saturated heterocycles. The second-order valence-corrected chi connectivity index (χ2v) is 5.31. The lowest BCUT2D eigenvalue weighted by atomic mass is 9.85. The minimum absolute atomic E-state index is 0.0356. The van der Waals surface area contributed by atoms with Gasteiger partial charge in [0.15, 0.2) is 0 Å². The van der Waals surface area contributed by atoms with Gasteiger partial charge in [0.1, 0.15) is 0 Å². The highest BCUT2D eigenvalue weighted by atomic mass is 79.9. The van der Waals surface area contributed by atoms with Crippen LogP contribution < -0.4 is 0 Å². The van der Waals surface area contributed by atoms with Crippen LogP contribution in [-0.4, -0.2) is 28.6 Å². The Morgan fingerprint density at radius 3 is 2.20 bits per heavy atom. The summed E-state index contributed by atoms with van der Waals surface area (Å²) in [6, 6.07) is 0. The van der Waals surface area contributed by atoms with Crippen LogP contribution in [0.1, 0.15) is 6.42 Å². The molecule has 0 spiro atoms. The number of hydrogen-bond donors (Lipinski definition) is 0. The van der Waals surface area contributed by atoms with Crippen LogP contribution in [0.15, 0.2) is 12.2 Å². The zero-order valence-corrected chi connectivity index (χ0v) is 9.81. The maximum atomic E-state index is 12.0. The van der Waals surface area contributed by atoms with Gasteiger partial charge in [0.2, 0.25) is 11.8 Å². The average Bonchev–Trinajstić information content (AvgIpc) is 2.87. The Hall–Kier alpha value is -0.640. The van der Waals surface area contributed by atoms with E-state index in [1.807, 2.05) is 0 Å². The van der Waals surface area contributed by atoms with E-state index in [0.717, 1.165) is 6.42 Å². The lowest BCUT2D eigenvalue weighted by molar-refractivity contribution is -0.140. The molecule has 0 aromatic heterocycles. The molecule has 4 atom stereocenters. The van der Waals surface area contributed by atoms with Crippen LogP contribution >= 0.6 is 15.9 Å². The first-order valence-corrected chi connectivity index (χ1v) is 6.45. The van der Waals surface area contributed by atoms with E-state index in [1.165, 1.54) is 4.90 Å². The predicted octanol–water partition coefficient (Wildman–Crippen LogP) is 1.19. The molecule has 1 aliphatic heterocycles. The smallest absolute Gasteiger partial charge is 0.233 e. The molecule has 2 bridgehead atoms. The van der Waals surface area contributed by atoms with Crippen LogP contribution in [0.5, 0.6) is 0 Å². The fraction of sp³-hybridized carbons (Fsp3) is 0.636. The van der Waals surface area contributed by atoms with Gasteiger partial charge >= 0.3 is 0 Å². The summed E-state index contributed by atoms with van der Waals surface area (Å²) in [4.78, 5) is 25.5. The number of carbonyl (C=O) groups excluding carboxylic acids is 2. The summed E-state index contributed by atoms with van der Waals surface area (Å²) >= 11 is 3.28. The van der Waals surface area contributed by atoms with Gasteiger partial charge < -0.3 is 0 Å². The molecule has 2 unspecified atom stereocenters. The van der Waals surface area contributed by atoms with Crippen molar-refractivity contribution in [1.82, 2.24) is 4.90 Å². The van der Waals surface area contributed by atoms with Crippen molar-refractivity contribution >= 4 is 27.7 Å². The molecule has 0 aromatic carbocycles. The van der Waals surface area contributed by atoms with Crippen molar-refractivity contribution in [3.63, 3.8) is 0 Å². The van der Waals surface area contributed by atoms with Crippen LogP contribution in [0.4, 0.5) is 0 Å². The number of fused-ring (bicyclic) bond motifs is 5. The Balaban J connectivity index is 1.93. The SMILES string of the molecule is O=C1C2C(C(=O)N1CCBr)[C@H]1C=C[C@@H]2C1. The standard InChI is InChI=1S/C11H12BrNO2/c12-3-4-13-10(14)8-6-1-2-7(5-6)9(8)11(13)15/h1-2,6-9H,3-5H2/t6-,7+,8?,9?. The van der Waals surface area contributed by atoms with E-state index >= 15 is 0 Å². The fourth-order valence-corrected chi connectivity index (χ4v) is 3.62. The third-order valence-corrected chi connectivity index (χ3v) is 4.22. The highest BCUT2D eigenvalue weighted by molar-refractivity contribution is 9.09. The Morgan fingerprint density at radius 1 is 1.20 bits per heavy atom. The quantitative estimate of drug-likeness (QED) is 0.429. The Bertz CT molecular complexity index is 336. The minimum Gasteiger partial charge on any atom is -0.281 e. The van der Waals surface area contributed by atoms with E-state index in [1.54, 1.807) is 0 Å². The molecule has 1 heterocycles. The van der Waals surface area contributed by atoms with E-state index < -0.39 is 0 Å². The minimum atomic E-state index is -0.0356. The first kappa shape index (κ1) is 9.58. The Morgan fingerprint density at radius 2 is 1.73 bits per heavy atom. The Labute approximate surface area is 96.6 Å². The van der Waals surface area contributed by atoms with Crippen molar-refractivity contribution in [3.05, 3.63) is 12.2 Å². The molecule has 1 saturated carbocycles. The van der Waals surface area contributed by atoms with Gasteiger partial charge in [0.05, 0.1) is 11.8 Å². The molecule has 3 rings (SSSR count). The molecule has 4 heteroatoms. The topological polar surface area (TPSA) is 37.4 Å². The molecule has 3 nitrogen and oxygen atoms in total. The molecule has 2 aliphatic carbocycles. The van der Waals surface area contributed by atoms with Gasteiger partial charge in [-0.05, 0) is 18.3 Å². The van der Waals surface area contributed by atoms with Crippen LogP contribution in [-0.2, 0) is 9.59 Å². The second-order valence-electron chi connectivity index (χ2n) is 4.52. The number of hydrogen-bond acceptors (Lipinski definition) is 2. The number of nitrogens with zero attached hydrogens (tertiary/aromatic N) is 1. The zero-order valence-electron chi connectivity index (χ0n) is 8.23. The van der Waals surface area contributed by atoms with Crippen molar-refractivity contribution < 1.29 is 9.59 Å². The normalized spacial score (nSPS) is 41.8. The van der Waals surface area contributed by atoms with E-state index in [4.69, 9.17) is 0 Å². The summed E-state index contributed by atoms with van der Waals surface area (Å²) in [6.07, 6.45) is 5.25. The van der Waals surface area contributed by atoms with Gasteiger partial charge in [-0.1, -0.05) is 28.1 Å². The number of likely N-dealkylation sites (tertiary alicyclic amines) is 1. The van der Waals surface area contributed by atoms with Crippen molar-refractivity contribution in [2.75, 3.05) is 11.9 Å². The second kappa shape index (κ2) is 3.17. The number of carbonyl (C=O) groups is 2. The molecular formula is C11H12BrNO2. The number of imide groups is 1. The van der Waals surface area contributed by atoms with Crippen molar-refractivity contribution in [3.8, 4) is 0 Å². The van der Waals surface area contributed by atoms with Crippen molar-refractivity contribution in [2.45, 2.75) is 6.42 Å². The average molecular weight is 270 g/mol. The number of alkyl halides is 1. The van der Waals surface area contributed by atoms with Crippen LogP contribution in [0.3, 0.4) is 0 Å². The van der Waals surface area contributed by atoms with Gasteiger partial charge in [-0.25, -0.2) is 0 Å². The lowest BCUT2D eigenvalue weighted by Gasteiger charge is -2.15. The monoisotopic (exact) mass is 269 g/mol. The molecule has 0 aromatic rings. The maximum absolute atomic E-state index is 12.0. The van der Waals surface area contributed by atoms with Gasteiger partial charge in [0, 0.05) is 11.9 Å². The molecule has 2 fully saturated rings.